The molecule has 7 heteroatoms. The summed E-state index contributed by atoms with van der Waals surface area (Å²) in [4.78, 5) is 26.7. The van der Waals surface area contributed by atoms with E-state index in [1.165, 1.54) is 0 Å². The van der Waals surface area contributed by atoms with Crippen LogP contribution in [0.25, 0.3) is 0 Å². The second-order valence-electron chi connectivity index (χ2n) is 8.92. The average Bonchev–Trinajstić information content (AvgIpc) is 3.54. The lowest BCUT2D eigenvalue weighted by Gasteiger charge is -2.32. The van der Waals surface area contributed by atoms with E-state index in [-0.39, 0.29) is 24.0 Å². The molecule has 0 bridgehead atoms. The summed E-state index contributed by atoms with van der Waals surface area (Å²) in [7, 11) is 0. The molecule has 0 spiro atoms. The number of rotatable bonds is 7. The van der Waals surface area contributed by atoms with E-state index < -0.39 is 0 Å². The molecule has 166 valence electrons. The number of piperidine rings is 1. The smallest absolute Gasteiger partial charge is 0.251 e. The molecule has 4 rings (SSSR count). The van der Waals surface area contributed by atoms with Gasteiger partial charge in [0.25, 0.3) is 5.91 Å². The molecule has 31 heavy (non-hydrogen) atoms. The molecule has 1 atom stereocenters. The molecule has 1 saturated heterocycles. The Morgan fingerprint density at radius 1 is 1.13 bits per heavy atom. The summed E-state index contributed by atoms with van der Waals surface area (Å²) in [5, 5.41) is 7.48. The number of aryl methyl sites for hydroxylation is 2. The third-order valence-electron chi connectivity index (χ3n) is 6.03. The number of ether oxygens (including phenoxy) is 1. The number of amides is 2. The van der Waals surface area contributed by atoms with Crippen molar-refractivity contribution in [2.24, 2.45) is 5.92 Å². The molecule has 1 saturated carbocycles. The maximum atomic E-state index is 12.6. The summed E-state index contributed by atoms with van der Waals surface area (Å²) < 4.78 is 8.01. The van der Waals surface area contributed by atoms with E-state index in [0.29, 0.717) is 18.0 Å². The molecule has 1 aliphatic heterocycles. The van der Waals surface area contributed by atoms with Gasteiger partial charge in [-0.15, -0.1) is 0 Å². The van der Waals surface area contributed by atoms with Crippen molar-refractivity contribution in [1.29, 1.82) is 0 Å². The van der Waals surface area contributed by atoms with Crippen LogP contribution < -0.4 is 10.1 Å². The van der Waals surface area contributed by atoms with Crippen molar-refractivity contribution >= 4 is 11.8 Å². The Kier molecular flexibility index (Phi) is 6.30. The average molecular weight is 425 g/mol. The number of nitrogens with zero attached hydrogens (tertiary/aromatic N) is 3. The summed E-state index contributed by atoms with van der Waals surface area (Å²) in [5.74, 6) is 1.26. The minimum Gasteiger partial charge on any atom is -0.490 e. The van der Waals surface area contributed by atoms with Crippen molar-refractivity contribution in [2.45, 2.75) is 65.1 Å². The van der Waals surface area contributed by atoms with Gasteiger partial charge >= 0.3 is 0 Å². The lowest BCUT2D eigenvalue weighted by atomic mass is 10.1. The number of likely N-dealkylation sites (tertiary alicyclic amines) is 1. The highest BCUT2D eigenvalue weighted by Crippen LogP contribution is 2.32. The van der Waals surface area contributed by atoms with E-state index in [1.807, 2.05) is 48.6 Å². The first-order valence-electron chi connectivity index (χ1n) is 11.3. The maximum absolute atomic E-state index is 12.6. The standard InChI is InChI=1S/C24H32N4O3/c1-16-14-18(3)28(26-16)15-17(2)25-23(29)19-6-8-21(9-7-19)31-22-10-12-27(13-11-22)24(30)20-4-5-20/h6-9,14,17,20,22H,4-5,10-13,15H2,1-3H3,(H,25,29). The third kappa shape index (κ3) is 5.46. The second-order valence-corrected chi connectivity index (χ2v) is 8.92. The molecule has 2 aromatic rings. The van der Waals surface area contributed by atoms with Gasteiger partial charge in [-0.1, -0.05) is 0 Å². The van der Waals surface area contributed by atoms with Crippen LogP contribution in [0.2, 0.25) is 0 Å². The van der Waals surface area contributed by atoms with Crippen LogP contribution in [0.5, 0.6) is 5.75 Å². The lowest BCUT2D eigenvalue weighted by molar-refractivity contribution is -0.134. The number of carbonyl (C=O) groups is 2. The highest BCUT2D eigenvalue weighted by molar-refractivity contribution is 5.94. The van der Waals surface area contributed by atoms with Crippen LogP contribution in [-0.4, -0.2) is 51.7 Å². The van der Waals surface area contributed by atoms with E-state index in [9.17, 15) is 9.59 Å². The normalized spacial score (nSPS) is 18.0. The van der Waals surface area contributed by atoms with Gasteiger partial charge in [-0.3, -0.25) is 14.3 Å². The Balaban J connectivity index is 1.24. The van der Waals surface area contributed by atoms with Gasteiger partial charge in [0.05, 0.1) is 12.2 Å². The van der Waals surface area contributed by atoms with Crippen molar-refractivity contribution in [3.63, 3.8) is 0 Å². The molecule has 1 aliphatic carbocycles. The van der Waals surface area contributed by atoms with Gasteiger partial charge in [-0.05, 0) is 63.9 Å². The van der Waals surface area contributed by atoms with Crippen LogP contribution in [0.15, 0.2) is 30.3 Å². The largest absolute Gasteiger partial charge is 0.490 e. The predicted octanol–water partition coefficient (Wildman–Crippen LogP) is 3.10. The van der Waals surface area contributed by atoms with Crippen molar-refractivity contribution < 1.29 is 14.3 Å². The van der Waals surface area contributed by atoms with Crippen LogP contribution in [0.1, 0.15) is 54.4 Å². The monoisotopic (exact) mass is 424 g/mol. The number of hydrogen-bond acceptors (Lipinski definition) is 4. The number of hydrogen-bond donors (Lipinski definition) is 1. The molecule has 2 heterocycles. The zero-order valence-corrected chi connectivity index (χ0v) is 18.6. The lowest BCUT2D eigenvalue weighted by Crippen LogP contribution is -2.42. The third-order valence-corrected chi connectivity index (χ3v) is 6.03. The summed E-state index contributed by atoms with van der Waals surface area (Å²) in [5.41, 5.74) is 2.67. The first kappa shape index (κ1) is 21.4. The zero-order valence-electron chi connectivity index (χ0n) is 18.6. The summed E-state index contributed by atoms with van der Waals surface area (Å²) in [6.07, 6.45) is 3.92. The molecular weight excluding hydrogens is 392 g/mol. The number of nitrogens with one attached hydrogen (secondary N) is 1. The molecule has 1 N–H and O–H groups in total. The topological polar surface area (TPSA) is 76.5 Å². The van der Waals surface area contributed by atoms with Crippen molar-refractivity contribution in [3.8, 4) is 5.75 Å². The van der Waals surface area contributed by atoms with E-state index in [0.717, 1.165) is 55.9 Å². The number of aromatic nitrogens is 2. The zero-order chi connectivity index (χ0) is 22.0. The quantitative estimate of drug-likeness (QED) is 0.741. The Hall–Kier alpha value is -2.83. The second kappa shape index (κ2) is 9.12. The predicted molar refractivity (Wildman–Crippen MR) is 118 cm³/mol. The summed E-state index contributed by atoms with van der Waals surface area (Å²) in [6, 6.07) is 9.29. The number of carbonyl (C=O) groups excluding carboxylic acids is 2. The minimum absolute atomic E-state index is 0.0371. The molecular formula is C24H32N4O3. The maximum Gasteiger partial charge on any atom is 0.251 e. The van der Waals surface area contributed by atoms with Crippen molar-refractivity contribution in [2.75, 3.05) is 13.1 Å². The van der Waals surface area contributed by atoms with E-state index in [2.05, 4.69) is 10.4 Å². The van der Waals surface area contributed by atoms with Gasteiger partial charge in [0.1, 0.15) is 11.9 Å². The highest BCUT2D eigenvalue weighted by Gasteiger charge is 2.35. The molecule has 1 aromatic heterocycles. The Bertz CT molecular complexity index is 925. The van der Waals surface area contributed by atoms with Gasteiger partial charge in [0.2, 0.25) is 5.91 Å². The van der Waals surface area contributed by atoms with Crippen molar-refractivity contribution in [3.05, 3.63) is 47.3 Å². The molecule has 1 unspecified atom stereocenters. The van der Waals surface area contributed by atoms with E-state index in [4.69, 9.17) is 4.74 Å². The molecule has 2 amide bonds. The summed E-state index contributed by atoms with van der Waals surface area (Å²) in [6.45, 7) is 8.14. The van der Waals surface area contributed by atoms with Crippen molar-refractivity contribution in [1.82, 2.24) is 20.0 Å². The molecule has 0 radical (unpaired) electrons. The highest BCUT2D eigenvalue weighted by atomic mass is 16.5. The Morgan fingerprint density at radius 3 is 2.39 bits per heavy atom. The fourth-order valence-corrected chi connectivity index (χ4v) is 4.13. The minimum atomic E-state index is -0.104. The summed E-state index contributed by atoms with van der Waals surface area (Å²) >= 11 is 0. The first-order valence-corrected chi connectivity index (χ1v) is 11.3. The van der Waals surface area contributed by atoms with Gasteiger partial charge in [-0.25, -0.2) is 0 Å². The van der Waals surface area contributed by atoms with Gasteiger partial charge < -0.3 is 15.0 Å². The molecule has 2 fully saturated rings. The van der Waals surface area contributed by atoms with Crippen LogP contribution in [0.3, 0.4) is 0 Å². The van der Waals surface area contributed by atoms with Gasteiger partial charge in [-0.2, -0.15) is 5.10 Å². The first-order chi connectivity index (χ1) is 14.9. The van der Waals surface area contributed by atoms with Crippen LogP contribution in [-0.2, 0) is 11.3 Å². The molecule has 1 aromatic carbocycles. The van der Waals surface area contributed by atoms with Crippen LogP contribution in [0.4, 0.5) is 0 Å². The SMILES string of the molecule is Cc1cc(C)n(CC(C)NC(=O)c2ccc(OC3CCN(C(=O)C4CC4)CC3)cc2)n1. The van der Waals surface area contributed by atoms with Crippen LogP contribution in [0, 0.1) is 19.8 Å². The number of benzene rings is 1. The fraction of sp³-hybridized carbons (Fsp3) is 0.542. The fourth-order valence-electron chi connectivity index (χ4n) is 4.13. The Labute approximate surface area is 183 Å². The van der Waals surface area contributed by atoms with E-state index >= 15 is 0 Å². The van der Waals surface area contributed by atoms with Gasteiger partial charge in [0, 0.05) is 49.1 Å². The molecule has 7 nitrogen and oxygen atoms in total. The van der Waals surface area contributed by atoms with Gasteiger partial charge in [0.15, 0.2) is 0 Å². The van der Waals surface area contributed by atoms with Crippen LogP contribution >= 0.6 is 0 Å². The van der Waals surface area contributed by atoms with E-state index in [1.54, 1.807) is 12.1 Å². The molecule has 2 aliphatic rings. The Morgan fingerprint density at radius 2 is 1.81 bits per heavy atom.